The smallest absolute Gasteiger partial charge is 0.303 e. The molecule has 0 bridgehead atoms. The zero-order valence-corrected chi connectivity index (χ0v) is 23.7. The number of Topliss-reactive ketones (excluding diaryl/α,β-unsaturated/α-hetero) is 1. The van der Waals surface area contributed by atoms with Gasteiger partial charge < -0.3 is 38.5 Å². The van der Waals surface area contributed by atoms with Crippen LogP contribution in [0, 0.1) is 0 Å². The molecule has 1 amide bonds. The van der Waals surface area contributed by atoms with Crippen molar-refractivity contribution in [2.24, 2.45) is 0 Å². The fraction of sp³-hybridized carbons (Fsp3) is 0.556. The third kappa shape index (κ3) is 10.7. The lowest BCUT2D eigenvalue weighted by Gasteiger charge is -2.44. The van der Waals surface area contributed by atoms with Crippen LogP contribution in [0.2, 0.25) is 0 Å². The summed E-state index contributed by atoms with van der Waals surface area (Å²) >= 11 is 0. The topological polar surface area (TPSA) is 170 Å². The first-order valence-corrected chi connectivity index (χ1v) is 12.9. The quantitative estimate of drug-likeness (QED) is 0.259. The molecule has 1 heterocycles. The van der Waals surface area contributed by atoms with Crippen LogP contribution in [-0.2, 0) is 52.5 Å². The molecule has 13 nitrogen and oxygen atoms in total. The van der Waals surface area contributed by atoms with Gasteiger partial charge in [0.05, 0.1) is 5.56 Å². The van der Waals surface area contributed by atoms with E-state index in [4.69, 9.17) is 28.4 Å². The Morgan fingerprint density at radius 2 is 1.43 bits per heavy atom. The van der Waals surface area contributed by atoms with E-state index in [0.29, 0.717) is 0 Å². The summed E-state index contributed by atoms with van der Waals surface area (Å²) in [6, 6.07) is 3.35. The molecule has 0 radical (unpaired) electrons. The van der Waals surface area contributed by atoms with Gasteiger partial charge in [-0.15, -0.1) is 0 Å². The zero-order chi connectivity index (χ0) is 31.6. The predicted octanol–water partition coefficient (Wildman–Crippen LogP) is 2.78. The summed E-state index contributed by atoms with van der Waals surface area (Å²) in [5.74, 6) is -4.38. The molecule has 1 aromatic rings. The van der Waals surface area contributed by atoms with E-state index in [1.165, 1.54) is 13.0 Å². The van der Waals surface area contributed by atoms with Crippen molar-refractivity contribution in [3.63, 3.8) is 0 Å². The van der Waals surface area contributed by atoms with E-state index in [-0.39, 0.29) is 30.7 Å². The standard InChI is InChI=1S/C27H33F2NO12/c1-13(31)7-6-8-22(36)30-18-9-10-20(19(11-18)26(28)29)41-27-25(40-17(5)35)24(39-16(4)34)23(38-15(3)33)21(42-27)12-37-14(2)32/h9-11,21,23-27H,6-8,12H2,1-5H3,(H,30,36)/t21?,23-,24-,25?,27+/m0/s1. The van der Waals surface area contributed by atoms with Gasteiger partial charge in [0.25, 0.3) is 6.43 Å². The molecule has 2 rings (SSSR count). The molecule has 5 atom stereocenters. The molecule has 1 aromatic carbocycles. The molecule has 232 valence electrons. The van der Waals surface area contributed by atoms with Crippen LogP contribution in [0.5, 0.6) is 5.75 Å². The fourth-order valence-corrected chi connectivity index (χ4v) is 4.03. The Morgan fingerprint density at radius 1 is 0.833 bits per heavy atom. The maximum Gasteiger partial charge on any atom is 0.303 e. The Morgan fingerprint density at radius 3 is 1.98 bits per heavy atom. The third-order valence-corrected chi connectivity index (χ3v) is 5.65. The van der Waals surface area contributed by atoms with Crippen LogP contribution in [-0.4, -0.2) is 72.9 Å². The minimum Gasteiger partial charge on any atom is -0.463 e. The summed E-state index contributed by atoms with van der Waals surface area (Å²) in [6.45, 7) is 5.05. The van der Waals surface area contributed by atoms with E-state index >= 15 is 0 Å². The highest BCUT2D eigenvalue weighted by atomic mass is 19.3. The lowest BCUT2D eigenvalue weighted by Crippen LogP contribution is -2.63. The molecule has 1 aliphatic rings. The molecule has 1 fully saturated rings. The molecule has 0 saturated carbocycles. The maximum absolute atomic E-state index is 14.1. The number of amides is 1. The number of benzene rings is 1. The Balaban J connectivity index is 2.44. The number of esters is 4. The van der Waals surface area contributed by atoms with Crippen LogP contribution in [0.3, 0.4) is 0 Å². The monoisotopic (exact) mass is 601 g/mol. The number of rotatable bonds is 13. The summed E-state index contributed by atoms with van der Waals surface area (Å²) in [7, 11) is 0. The van der Waals surface area contributed by atoms with Gasteiger partial charge in [0.2, 0.25) is 18.3 Å². The number of ether oxygens (including phenoxy) is 6. The van der Waals surface area contributed by atoms with Gasteiger partial charge in [-0.05, 0) is 31.5 Å². The summed E-state index contributed by atoms with van der Waals surface area (Å²) in [6.07, 6.45) is -10.4. The average molecular weight is 602 g/mol. The van der Waals surface area contributed by atoms with Crippen LogP contribution in [0.1, 0.15) is 65.9 Å². The Hall–Kier alpha value is -4.14. The van der Waals surface area contributed by atoms with Crippen molar-refractivity contribution in [2.75, 3.05) is 11.9 Å². The molecular weight excluding hydrogens is 568 g/mol. The van der Waals surface area contributed by atoms with Gasteiger partial charge in [-0.2, -0.15) is 0 Å². The summed E-state index contributed by atoms with van der Waals surface area (Å²) in [5.41, 5.74) is -0.656. The average Bonchev–Trinajstić information content (AvgIpc) is 2.86. The molecule has 15 heteroatoms. The van der Waals surface area contributed by atoms with Gasteiger partial charge in [0.1, 0.15) is 24.2 Å². The van der Waals surface area contributed by atoms with Gasteiger partial charge in [0.15, 0.2) is 12.2 Å². The molecule has 0 aliphatic carbocycles. The van der Waals surface area contributed by atoms with Crippen molar-refractivity contribution in [1.82, 2.24) is 0 Å². The van der Waals surface area contributed by atoms with E-state index in [0.717, 1.165) is 39.8 Å². The number of halogens is 2. The molecule has 0 aromatic heterocycles. The third-order valence-electron chi connectivity index (χ3n) is 5.65. The number of alkyl halides is 2. The van der Waals surface area contributed by atoms with Crippen LogP contribution < -0.4 is 10.1 Å². The largest absolute Gasteiger partial charge is 0.463 e. The molecule has 1 saturated heterocycles. The van der Waals surface area contributed by atoms with E-state index in [9.17, 15) is 37.5 Å². The Bertz CT molecular complexity index is 1170. The highest BCUT2D eigenvalue weighted by Crippen LogP contribution is 2.36. The minimum atomic E-state index is -3.11. The lowest BCUT2D eigenvalue weighted by molar-refractivity contribution is -0.288. The van der Waals surface area contributed by atoms with Gasteiger partial charge in [-0.1, -0.05) is 0 Å². The summed E-state index contributed by atoms with van der Waals surface area (Å²) in [4.78, 5) is 70.5. The van der Waals surface area contributed by atoms with E-state index in [1.54, 1.807) is 0 Å². The number of ketones is 1. The predicted molar refractivity (Wildman–Crippen MR) is 137 cm³/mol. The molecule has 1 N–H and O–H groups in total. The molecule has 2 unspecified atom stereocenters. The van der Waals surface area contributed by atoms with Gasteiger partial charge in [0, 0.05) is 46.2 Å². The fourth-order valence-electron chi connectivity index (χ4n) is 4.03. The molecule has 0 spiro atoms. The number of anilines is 1. The second-order valence-corrected chi connectivity index (χ2v) is 9.34. The van der Waals surface area contributed by atoms with Crippen molar-refractivity contribution >= 4 is 41.3 Å². The van der Waals surface area contributed by atoms with Crippen molar-refractivity contribution in [3.05, 3.63) is 23.8 Å². The second kappa shape index (κ2) is 15.7. The first kappa shape index (κ1) is 34.1. The van der Waals surface area contributed by atoms with E-state index < -0.39 is 84.8 Å². The number of hydrogen-bond acceptors (Lipinski definition) is 12. The van der Waals surface area contributed by atoms with Crippen molar-refractivity contribution in [2.45, 2.75) is 91.0 Å². The highest BCUT2D eigenvalue weighted by molar-refractivity contribution is 5.91. The van der Waals surface area contributed by atoms with Crippen molar-refractivity contribution < 1.29 is 66.0 Å². The summed E-state index contributed by atoms with van der Waals surface area (Å²) in [5, 5.41) is 2.47. The Kier molecular flexibility index (Phi) is 12.8. The number of carbonyl (C=O) groups excluding carboxylic acids is 6. The first-order valence-electron chi connectivity index (χ1n) is 12.9. The zero-order valence-electron chi connectivity index (χ0n) is 23.7. The van der Waals surface area contributed by atoms with E-state index in [2.05, 4.69) is 5.32 Å². The maximum atomic E-state index is 14.1. The normalized spacial score (nSPS) is 21.6. The van der Waals surface area contributed by atoms with Gasteiger partial charge >= 0.3 is 23.9 Å². The SMILES string of the molecule is CC(=O)CCCC(=O)Nc1ccc(O[C@@H]2OC(COC(C)=O)[C@H](OC(C)=O)[C@H](OC(C)=O)C2OC(C)=O)c(C(F)F)c1. The van der Waals surface area contributed by atoms with Crippen LogP contribution in [0.25, 0.3) is 0 Å². The van der Waals surface area contributed by atoms with Crippen molar-refractivity contribution in [3.8, 4) is 5.75 Å². The summed E-state index contributed by atoms with van der Waals surface area (Å²) < 4.78 is 60.5. The molecular formula is C27H33F2NO12. The number of nitrogens with one attached hydrogen (secondary N) is 1. The van der Waals surface area contributed by atoms with Crippen LogP contribution in [0.15, 0.2) is 18.2 Å². The number of carbonyl (C=O) groups is 6. The lowest BCUT2D eigenvalue weighted by atomic mass is 9.98. The van der Waals surface area contributed by atoms with Gasteiger partial charge in [-0.25, -0.2) is 8.78 Å². The van der Waals surface area contributed by atoms with Crippen LogP contribution >= 0.6 is 0 Å². The molecule has 1 aliphatic heterocycles. The van der Waals surface area contributed by atoms with Crippen molar-refractivity contribution in [1.29, 1.82) is 0 Å². The minimum absolute atomic E-state index is 0.00736. The van der Waals surface area contributed by atoms with E-state index in [1.807, 2.05) is 0 Å². The second-order valence-electron chi connectivity index (χ2n) is 9.34. The first-order chi connectivity index (χ1) is 19.7. The Labute approximate surface area is 240 Å². The number of hydrogen-bond donors (Lipinski definition) is 1. The van der Waals surface area contributed by atoms with Gasteiger partial charge in [-0.3, -0.25) is 24.0 Å². The molecule has 42 heavy (non-hydrogen) atoms. The highest BCUT2D eigenvalue weighted by Gasteiger charge is 2.53. The van der Waals surface area contributed by atoms with Crippen LogP contribution in [0.4, 0.5) is 14.5 Å².